The molecule has 0 aliphatic carbocycles. The summed E-state index contributed by atoms with van der Waals surface area (Å²) >= 11 is 0. The van der Waals surface area contributed by atoms with Crippen LogP contribution in [0, 0.1) is 5.92 Å². The van der Waals surface area contributed by atoms with Crippen LogP contribution in [0.15, 0.2) is 5.16 Å². The molecule has 0 fully saturated rings. The van der Waals surface area contributed by atoms with Gasteiger partial charge in [0.15, 0.2) is 0 Å². The molecule has 0 amide bonds. The molecule has 3 nitrogen and oxygen atoms in total. The Kier molecular flexibility index (Phi) is 2.05. The normalized spacial score (nSPS) is 25.6. The Bertz CT molecular complexity index is 122. The minimum Gasteiger partial charge on any atom is -0.396 e. The molecule has 1 aliphatic rings. The van der Waals surface area contributed by atoms with E-state index in [2.05, 4.69) is 5.16 Å². The Labute approximate surface area is 54.3 Å². The van der Waals surface area contributed by atoms with E-state index in [1.54, 1.807) is 0 Å². The highest BCUT2D eigenvalue weighted by molar-refractivity contribution is 5.84. The van der Waals surface area contributed by atoms with Crippen molar-refractivity contribution >= 4 is 5.71 Å². The van der Waals surface area contributed by atoms with Crippen molar-refractivity contribution in [2.24, 2.45) is 11.1 Å². The van der Waals surface area contributed by atoms with E-state index >= 15 is 0 Å². The first-order valence-corrected chi connectivity index (χ1v) is 3.12. The lowest BCUT2D eigenvalue weighted by molar-refractivity contribution is 0.145. The molecule has 0 aromatic carbocycles. The van der Waals surface area contributed by atoms with Gasteiger partial charge in [0.05, 0.1) is 5.71 Å². The topological polar surface area (TPSA) is 41.8 Å². The van der Waals surface area contributed by atoms with Crippen LogP contribution in [-0.4, -0.2) is 24.0 Å². The van der Waals surface area contributed by atoms with Crippen LogP contribution in [0.25, 0.3) is 0 Å². The van der Waals surface area contributed by atoms with Crippen molar-refractivity contribution in [2.45, 2.75) is 13.3 Å². The molecule has 1 unspecified atom stereocenters. The van der Waals surface area contributed by atoms with Crippen LogP contribution < -0.4 is 0 Å². The third-order valence-electron chi connectivity index (χ3n) is 1.55. The molecule has 1 heterocycles. The predicted octanol–water partition coefficient (Wildman–Crippen LogP) is 0.391. The van der Waals surface area contributed by atoms with Gasteiger partial charge in [-0.3, -0.25) is 0 Å². The van der Waals surface area contributed by atoms with Crippen LogP contribution in [0.1, 0.15) is 13.3 Å². The maximum absolute atomic E-state index is 8.53. The molecule has 0 saturated carbocycles. The number of oxime groups is 1. The summed E-state index contributed by atoms with van der Waals surface area (Å²) < 4.78 is 0. The zero-order valence-electron chi connectivity index (χ0n) is 5.50. The van der Waals surface area contributed by atoms with E-state index < -0.39 is 0 Å². The second-order valence-corrected chi connectivity index (χ2v) is 2.24. The van der Waals surface area contributed by atoms with E-state index in [1.165, 1.54) is 0 Å². The molecule has 1 atom stereocenters. The second kappa shape index (κ2) is 2.82. The van der Waals surface area contributed by atoms with Crippen molar-refractivity contribution in [2.75, 3.05) is 13.2 Å². The smallest absolute Gasteiger partial charge is 0.125 e. The summed E-state index contributed by atoms with van der Waals surface area (Å²) in [6, 6.07) is 0. The lowest BCUT2D eigenvalue weighted by atomic mass is 10.0. The Hall–Kier alpha value is -0.570. The highest BCUT2D eigenvalue weighted by Gasteiger charge is 2.17. The van der Waals surface area contributed by atoms with Crippen LogP contribution in [-0.2, 0) is 4.84 Å². The van der Waals surface area contributed by atoms with Crippen molar-refractivity contribution < 1.29 is 9.94 Å². The van der Waals surface area contributed by atoms with Gasteiger partial charge in [-0.05, 0) is 13.3 Å². The molecule has 1 rings (SSSR count). The Morgan fingerprint density at radius 2 is 2.67 bits per heavy atom. The van der Waals surface area contributed by atoms with Crippen molar-refractivity contribution in [1.82, 2.24) is 0 Å². The summed E-state index contributed by atoms with van der Waals surface area (Å²) in [5.74, 6) is 0.356. The van der Waals surface area contributed by atoms with Crippen molar-refractivity contribution in [1.29, 1.82) is 0 Å². The monoisotopic (exact) mass is 129 g/mol. The average Bonchev–Trinajstić information content (AvgIpc) is 2.18. The molecule has 0 aromatic rings. The Morgan fingerprint density at radius 1 is 1.89 bits per heavy atom. The van der Waals surface area contributed by atoms with E-state index in [-0.39, 0.29) is 6.61 Å². The maximum atomic E-state index is 8.53. The largest absolute Gasteiger partial charge is 0.396 e. The Balaban J connectivity index is 2.34. The molecule has 0 spiro atoms. The fourth-order valence-electron chi connectivity index (χ4n) is 0.872. The molecule has 1 aliphatic heterocycles. The van der Waals surface area contributed by atoms with E-state index in [4.69, 9.17) is 9.94 Å². The fraction of sp³-hybridized carbons (Fsp3) is 0.833. The van der Waals surface area contributed by atoms with Gasteiger partial charge in [-0.2, -0.15) is 0 Å². The quantitative estimate of drug-likeness (QED) is 0.586. The second-order valence-electron chi connectivity index (χ2n) is 2.24. The molecule has 0 saturated heterocycles. The average molecular weight is 129 g/mol. The minimum atomic E-state index is 0.223. The summed E-state index contributed by atoms with van der Waals surface area (Å²) in [7, 11) is 0. The van der Waals surface area contributed by atoms with Crippen molar-refractivity contribution in [3.05, 3.63) is 0 Å². The Morgan fingerprint density at radius 3 is 3.11 bits per heavy atom. The number of hydrogen-bond acceptors (Lipinski definition) is 3. The first kappa shape index (κ1) is 6.55. The zero-order valence-corrected chi connectivity index (χ0v) is 5.50. The van der Waals surface area contributed by atoms with Crippen molar-refractivity contribution in [3.8, 4) is 0 Å². The van der Waals surface area contributed by atoms with Crippen molar-refractivity contribution in [3.63, 3.8) is 0 Å². The SMILES string of the molecule is CC1=NOCC1CCO. The molecular formula is C6H11NO2. The minimum absolute atomic E-state index is 0.223. The number of rotatable bonds is 2. The number of nitrogens with zero attached hydrogens (tertiary/aromatic N) is 1. The van der Waals surface area contributed by atoms with Gasteiger partial charge in [-0.1, -0.05) is 5.16 Å². The maximum Gasteiger partial charge on any atom is 0.125 e. The molecule has 9 heavy (non-hydrogen) atoms. The highest BCUT2D eigenvalue weighted by atomic mass is 16.6. The summed E-state index contributed by atoms with van der Waals surface area (Å²) in [4.78, 5) is 4.80. The molecule has 1 N–H and O–H groups in total. The van der Waals surface area contributed by atoms with Crippen LogP contribution in [0.4, 0.5) is 0 Å². The summed E-state index contributed by atoms with van der Waals surface area (Å²) in [6.07, 6.45) is 0.773. The van der Waals surface area contributed by atoms with Gasteiger partial charge in [-0.15, -0.1) is 0 Å². The molecule has 0 aromatic heterocycles. The molecule has 0 radical (unpaired) electrons. The standard InChI is InChI=1S/C6H11NO2/c1-5-6(2-3-8)4-9-7-5/h6,8H,2-4H2,1H3. The number of aliphatic hydroxyl groups is 1. The predicted molar refractivity (Wildman–Crippen MR) is 34.3 cm³/mol. The first-order valence-electron chi connectivity index (χ1n) is 3.12. The molecule has 52 valence electrons. The van der Waals surface area contributed by atoms with Crippen LogP contribution in [0.5, 0.6) is 0 Å². The van der Waals surface area contributed by atoms with E-state index in [0.29, 0.717) is 12.5 Å². The van der Waals surface area contributed by atoms with E-state index in [0.717, 1.165) is 12.1 Å². The van der Waals surface area contributed by atoms with Crippen LogP contribution in [0.3, 0.4) is 0 Å². The lowest BCUT2D eigenvalue weighted by Crippen LogP contribution is -2.11. The third-order valence-corrected chi connectivity index (χ3v) is 1.55. The summed E-state index contributed by atoms with van der Waals surface area (Å²) in [5, 5.41) is 12.3. The van der Waals surface area contributed by atoms with Gasteiger partial charge in [0.25, 0.3) is 0 Å². The van der Waals surface area contributed by atoms with Gasteiger partial charge < -0.3 is 9.94 Å². The summed E-state index contributed by atoms with van der Waals surface area (Å²) in [5.41, 5.74) is 1.00. The summed E-state index contributed by atoms with van der Waals surface area (Å²) in [6.45, 7) is 2.79. The fourth-order valence-corrected chi connectivity index (χ4v) is 0.872. The molecule has 0 bridgehead atoms. The van der Waals surface area contributed by atoms with Gasteiger partial charge in [0.2, 0.25) is 0 Å². The lowest BCUT2D eigenvalue weighted by Gasteiger charge is -2.02. The molecule has 3 heteroatoms. The van der Waals surface area contributed by atoms with Gasteiger partial charge in [0, 0.05) is 12.5 Å². The number of hydrogen-bond donors (Lipinski definition) is 1. The van der Waals surface area contributed by atoms with Gasteiger partial charge in [0.1, 0.15) is 6.61 Å². The third kappa shape index (κ3) is 1.42. The van der Waals surface area contributed by atoms with E-state index in [9.17, 15) is 0 Å². The zero-order chi connectivity index (χ0) is 6.69. The molecular weight excluding hydrogens is 118 g/mol. The van der Waals surface area contributed by atoms with Gasteiger partial charge in [-0.25, -0.2) is 0 Å². The van der Waals surface area contributed by atoms with E-state index in [1.807, 2.05) is 6.92 Å². The number of aliphatic hydroxyl groups excluding tert-OH is 1. The van der Waals surface area contributed by atoms with Crippen LogP contribution in [0.2, 0.25) is 0 Å². The van der Waals surface area contributed by atoms with Gasteiger partial charge >= 0.3 is 0 Å². The van der Waals surface area contributed by atoms with Crippen LogP contribution >= 0.6 is 0 Å². The first-order chi connectivity index (χ1) is 4.34. The highest BCUT2D eigenvalue weighted by Crippen LogP contribution is 2.12.